The summed E-state index contributed by atoms with van der Waals surface area (Å²) in [5, 5.41) is 2.77. The van der Waals surface area contributed by atoms with E-state index in [1.54, 1.807) is 24.8 Å². The Kier molecular flexibility index (Phi) is 6.62. The van der Waals surface area contributed by atoms with Crippen LogP contribution in [0.25, 0.3) is 10.8 Å². The Bertz CT molecular complexity index is 1090. The molecule has 0 atom stereocenters. The van der Waals surface area contributed by atoms with Crippen molar-refractivity contribution in [1.82, 2.24) is 14.9 Å². The molecular formula is C24H20ClN3OS. The van der Waals surface area contributed by atoms with Crippen LogP contribution in [0.2, 0.25) is 5.02 Å². The van der Waals surface area contributed by atoms with Gasteiger partial charge < -0.3 is 4.90 Å². The molecule has 2 aromatic carbocycles. The van der Waals surface area contributed by atoms with E-state index in [4.69, 9.17) is 11.6 Å². The first-order valence-electron chi connectivity index (χ1n) is 9.56. The largest absolute Gasteiger partial charge is 0.333 e. The molecule has 0 aliphatic carbocycles. The lowest BCUT2D eigenvalue weighted by Gasteiger charge is -2.23. The number of pyridine rings is 2. The maximum absolute atomic E-state index is 13.2. The summed E-state index contributed by atoms with van der Waals surface area (Å²) in [7, 11) is 0. The van der Waals surface area contributed by atoms with Gasteiger partial charge in [0.25, 0.3) is 0 Å². The molecule has 0 unspecified atom stereocenters. The van der Waals surface area contributed by atoms with Gasteiger partial charge in [-0.05, 0) is 46.8 Å². The molecule has 0 spiro atoms. The molecular weight excluding hydrogens is 414 g/mol. The smallest absolute Gasteiger partial charge is 0.233 e. The standard InChI is InChI=1S/C24H20ClN3OS/c25-21-7-1-5-20-6-2-8-22(24(20)21)30-17-23(29)28(15-18-9-12-26-13-10-18)16-19-4-3-11-27-14-19/h1-14H,15-17H2. The van der Waals surface area contributed by atoms with Gasteiger partial charge in [0.15, 0.2) is 0 Å². The molecule has 0 bridgehead atoms. The molecule has 1 amide bonds. The highest BCUT2D eigenvalue weighted by atomic mass is 35.5. The second kappa shape index (κ2) is 9.74. The van der Waals surface area contributed by atoms with Crippen LogP contribution in [0, 0.1) is 0 Å². The minimum absolute atomic E-state index is 0.0599. The third kappa shape index (κ3) is 4.99. The molecule has 4 rings (SSSR count). The summed E-state index contributed by atoms with van der Waals surface area (Å²) in [4.78, 5) is 24.3. The van der Waals surface area contributed by atoms with Crippen LogP contribution in [0.1, 0.15) is 11.1 Å². The molecule has 0 saturated heterocycles. The molecule has 4 nitrogen and oxygen atoms in total. The number of fused-ring (bicyclic) bond motifs is 1. The molecule has 30 heavy (non-hydrogen) atoms. The number of amides is 1. The minimum Gasteiger partial charge on any atom is -0.333 e. The Balaban J connectivity index is 1.53. The number of benzene rings is 2. The quantitative estimate of drug-likeness (QED) is 0.356. The lowest BCUT2D eigenvalue weighted by Crippen LogP contribution is -2.31. The van der Waals surface area contributed by atoms with Crippen LogP contribution in [0.5, 0.6) is 0 Å². The Hall–Kier alpha value is -2.89. The Labute approximate surface area is 184 Å². The predicted molar refractivity (Wildman–Crippen MR) is 122 cm³/mol. The van der Waals surface area contributed by atoms with Crippen molar-refractivity contribution in [3.05, 3.63) is 102 Å². The Morgan fingerprint density at radius 1 is 0.867 bits per heavy atom. The lowest BCUT2D eigenvalue weighted by atomic mass is 10.1. The minimum atomic E-state index is 0.0599. The van der Waals surface area contributed by atoms with Crippen molar-refractivity contribution in [3.63, 3.8) is 0 Å². The number of carbonyl (C=O) groups is 1. The van der Waals surface area contributed by atoms with E-state index in [-0.39, 0.29) is 5.91 Å². The number of halogens is 1. The van der Waals surface area contributed by atoms with Gasteiger partial charge >= 0.3 is 0 Å². The normalized spacial score (nSPS) is 10.8. The predicted octanol–water partition coefficient (Wildman–Crippen LogP) is 5.60. The average Bonchev–Trinajstić information content (AvgIpc) is 2.78. The van der Waals surface area contributed by atoms with E-state index < -0.39 is 0 Å². The summed E-state index contributed by atoms with van der Waals surface area (Å²) in [5.74, 6) is 0.389. The number of hydrogen-bond donors (Lipinski definition) is 0. The maximum Gasteiger partial charge on any atom is 0.233 e. The van der Waals surface area contributed by atoms with E-state index in [2.05, 4.69) is 9.97 Å². The Morgan fingerprint density at radius 3 is 2.40 bits per heavy atom. The van der Waals surface area contributed by atoms with Gasteiger partial charge in [0.2, 0.25) is 5.91 Å². The molecule has 0 saturated carbocycles. The Morgan fingerprint density at radius 2 is 1.63 bits per heavy atom. The molecule has 0 radical (unpaired) electrons. The lowest BCUT2D eigenvalue weighted by molar-refractivity contribution is -0.129. The average molecular weight is 434 g/mol. The van der Waals surface area contributed by atoms with Crippen LogP contribution < -0.4 is 0 Å². The number of thioether (sulfide) groups is 1. The SMILES string of the molecule is O=C(CSc1cccc2cccc(Cl)c12)N(Cc1ccncc1)Cc1cccnc1. The van der Waals surface area contributed by atoms with Crippen molar-refractivity contribution in [2.75, 3.05) is 5.75 Å². The molecule has 150 valence electrons. The van der Waals surface area contributed by atoms with Crippen LogP contribution in [0.3, 0.4) is 0 Å². The highest BCUT2D eigenvalue weighted by molar-refractivity contribution is 8.00. The van der Waals surface area contributed by atoms with Gasteiger partial charge in [-0.2, -0.15) is 0 Å². The van der Waals surface area contributed by atoms with E-state index in [1.807, 2.05) is 65.6 Å². The maximum atomic E-state index is 13.2. The van der Waals surface area contributed by atoms with E-state index in [9.17, 15) is 4.79 Å². The second-order valence-corrected chi connectivity index (χ2v) is 8.27. The van der Waals surface area contributed by atoms with Crippen molar-refractivity contribution in [2.45, 2.75) is 18.0 Å². The van der Waals surface area contributed by atoms with Crippen LogP contribution in [0.15, 0.2) is 90.3 Å². The molecule has 0 aliphatic heterocycles. The van der Waals surface area contributed by atoms with E-state index in [0.29, 0.717) is 23.9 Å². The van der Waals surface area contributed by atoms with Gasteiger partial charge in [-0.15, -0.1) is 11.8 Å². The topological polar surface area (TPSA) is 46.1 Å². The van der Waals surface area contributed by atoms with E-state index in [0.717, 1.165) is 26.8 Å². The number of nitrogens with zero attached hydrogens (tertiary/aromatic N) is 3. The molecule has 2 aromatic heterocycles. The summed E-state index contributed by atoms with van der Waals surface area (Å²) in [6, 6.07) is 19.6. The van der Waals surface area contributed by atoms with E-state index >= 15 is 0 Å². The first-order chi connectivity index (χ1) is 14.7. The molecule has 6 heteroatoms. The van der Waals surface area contributed by atoms with Gasteiger partial charge in [0.05, 0.1) is 5.75 Å². The van der Waals surface area contributed by atoms with Crippen LogP contribution in [-0.2, 0) is 17.9 Å². The summed E-state index contributed by atoms with van der Waals surface area (Å²) < 4.78 is 0. The van der Waals surface area contributed by atoms with Gasteiger partial charge in [-0.25, -0.2) is 0 Å². The summed E-state index contributed by atoms with van der Waals surface area (Å²) in [5.41, 5.74) is 2.04. The molecule has 4 aromatic rings. The second-order valence-electron chi connectivity index (χ2n) is 6.85. The third-order valence-corrected chi connectivity index (χ3v) is 6.10. The molecule has 0 N–H and O–H groups in total. The van der Waals surface area contributed by atoms with Crippen molar-refractivity contribution in [3.8, 4) is 0 Å². The molecule has 0 aliphatic rings. The number of carbonyl (C=O) groups excluding carboxylic acids is 1. The van der Waals surface area contributed by atoms with Crippen LogP contribution in [0.4, 0.5) is 0 Å². The zero-order valence-corrected chi connectivity index (χ0v) is 17.8. The highest BCUT2D eigenvalue weighted by Crippen LogP contribution is 2.33. The van der Waals surface area contributed by atoms with Crippen molar-refractivity contribution in [1.29, 1.82) is 0 Å². The fourth-order valence-electron chi connectivity index (χ4n) is 3.27. The summed E-state index contributed by atoms with van der Waals surface area (Å²) in [6.07, 6.45) is 7.02. The van der Waals surface area contributed by atoms with Crippen molar-refractivity contribution >= 4 is 40.0 Å². The monoisotopic (exact) mass is 433 g/mol. The fourth-order valence-corrected chi connectivity index (χ4v) is 4.61. The van der Waals surface area contributed by atoms with Crippen LogP contribution in [-0.4, -0.2) is 26.5 Å². The number of hydrogen-bond acceptors (Lipinski definition) is 4. The van der Waals surface area contributed by atoms with Gasteiger partial charge in [-0.3, -0.25) is 14.8 Å². The summed E-state index contributed by atoms with van der Waals surface area (Å²) in [6.45, 7) is 1.03. The third-order valence-electron chi connectivity index (χ3n) is 4.74. The first kappa shape index (κ1) is 20.4. The van der Waals surface area contributed by atoms with Gasteiger partial charge in [0, 0.05) is 53.2 Å². The van der Waals surface area contributed by atoms with Crippen molar-refractivity contribution in [2.24, 2.45) is 0 Å². The molecule has 0 fully saturated rings. The van der Waals surface area contributed by atoms with Crippen molar-refractivity contribution < 1.29 is 4.79 Å². The van der Waals surface area contributed by atoms with Gasteiger partial charge in [-0.1, -0.05) is 41.9 Å². The van der Waals surface area contributed by atoms with Crippen LogP contribution >= 0.6 is 23.4 Å². The highest BCUT2D eigenvalue weighted by Gasteiger charge is 2.16. The fraction of sp³-hybridized carbons (Fsp3) is 0.125. The van der Waals surface area contributed by atoms with Gasteiger partial charge in [0.1, 0.15) is 0 Å². The number of aromatic nitrogens is 2. The summed E-state index contributed by atoms with van der Waals surface area (Å²) >= 11 is 7.95. The zero-order chi connectivity index (χ0) is 20.8. The number of rotatable bonds is 7. The van der Waals surface area contributed by atoms with E-state index in [1.165, 1.54) is 11.8 Å². The first-order valence-corrected chi connectivity index (χ1v) is 10.9. The molecule has 2 heterocycles. The zero-order valence-electron chi connectivity index (χ0n) is 16.2.